The van der Waals surface area contributed by atoms with Gasteiger partial charge in [0.15, 0.2) is 0 Å². The van der Waals surface area contributed by atoms with E-state index < -0.39 is 5.54 Å². The lowest BCUT2D eigenvalue weighted by Gasteiger charge is -2.33. The second kappa shape index (κ2) is 6.52. The molecule has 1 N–H and O–H groups in total. The molecule has 1 aromatic heterocycles. The van der Waals surface area contributed by atoms with E-state index in [9.17, 15) is 9.59 Å². The monoisotopic (exact) mass is 335 g/mol. The average molecular weight is 335 g/mol. The predicted molar refractivity (Wildman–Crippen MR) is 87.5 cm³/mol. The minimum Gasteiger partial charge on any atom is -0.374 e. The topological polar surface area (TPSA) is 79.7 Å². The number of morpholine rings is 1. The Morgan fingerprint density at radius 3 is 2.79 bits per heavy atom. The van der Waals surface area contributed by atoms with Crippen molar-refractivity contribution in [3.05, 3.63) is 18.0 Å². The number of rotatable bonds is 5. The van der Waals surface area contributed by atoms with Gasteiger partial charge in [0.1, 0.15) is 5.54 Å². The number of ether oxygens (including phenoxy) is 1. The largest absolute Gasteiger partial charge is 0.374 e. The van der Waals surface area contributed by atoms with Crippen LogP contribution in [0.25, 0.3) is 0 Å². The molecule has 3 heterocycles. The first-order valence-corrected chi connectivity index (χ1v) is 8.32. The van der Waals surface area contributed by atoms with Gasteiger partial charge in [0.05, 0.1) is 25.5 Å². The third-order valence-electron chi connectivity index (χ3n) is 4.46. The molecule has 24 heavy (non-hydrogen) atoms. The van der Waals surface area contributed by atoms with Gasteiger partial charge in [0.25, 0.3) is 5.91 Å². The molecule has 2 saturated heterocycles. The van der Waals surface area contributed by atoms with Crippen molar-refractivity contribution in [3.8, 4) is 0 Å². The maximum atomic E-state index is 12.2. The van der Waals surface area contributed by atoms with Crippen molar-refractivity contribution in [1.29, 1.82) is 0 Å². The molecule has 0 unspecified atom stereocenters. The Balaban J connectivity index is 1.51. The lowest BCUT2D eigenvalue weighted by atomic mass is 10.1. The van der Waals surface area contributed by atoms with Gasteiger partial charge in [-0.15, -0.1) is 0 Å². The molecule has 8 heteroatoms. The van der Waals surface area contributed by atoms with Crippen molar-refractivity contribution in [2.75, 3.05) is 32.8 Å². The average Bonchev–Trinajstić information content (AvgIpc) is 2.99. The van der Waals surface area contributed by atoms with E-state index in [1.807, 2.05) is 24.0 Å². The fraction of sp³-hybridized carbons (Fsp3) is 0.688. The van der Waals surface area contributed by atoms with Crippen LogP contribution in [0.15, 0.2) is 12.4 Å². The first kappa shape index (κ1) is 16.9. The number of carbonyl (C=O) groups excluding carboxylic acids is 2. The fourth-order valence-corrected chi connectivity index (χ4v) is 3.13. The van der Waals surface area contributed by atoms with Gasteiger partial charge in [-0.05, 0) is 26.3 Å². The highest BCUT2D eigenvalue weighted by Crippen LogP contribution is 2.16. The summed E-state index contributed by atoms with van der Waals surface area (Å²) in [6.07, 6.45) is 3.90. The van der Waals surface area contributed by atoms with Crippen LogP contribution in [0.1, 0.15) is 19.4 Å². The molecule has 0 aromatic carbocycles. The molecule has 0 bridgehead atoms. The number of urea groups is 1. The van der Waals surface area contributed by atoms with Crippen molar-refractivity contribution >= 4 is 11.9 Å². The summed E-state index contributed by atoms with van der Waals surface area (Å²) in [6.45, 7) is 9.46. The van der Waals surface area contributed by atoms with E-state index in [2.05, 4.69) is 15.3 Å². The van der Waals surface area contributed by atoms with Gasteiger partial charge in [-0.1, -0.05) is 0 Å². The highest BCUT2D eigenvalue weighted by molar-refractivity contribution is 6.06. The van der Waals surface area contributed by atoms with Crippen LogP contribution in [-0.4, -0.2) is 75.9 Å². The lowest BCUT2D eigenvalue weighted by Crippen LogP contribution is -2.48. The zero-order chi connectivity index (χ0) is 17.3. The van der Waals surface area contributed by atoms with Crippen LogP contribution in [0, 0.1) is 6.92 Å². The summed E-state index contributed by atoms with van der Waals surface area (Å²) in [6, 6.07) is -0.304. The van der Waals surface area contributed by atoms with E-state index in [0.717, 1.165) is 18.7 Å². The Labute approximate surface area is 141 Å². The summed E-state index contributed by atoms with van der Waals surface area (Å²) in [5.74, 6) is -0.163. The first-order valence-electron chi connectivity index (χ1n) is 8.32. The van der Waals surface area contributed by atoms with Crippen molar-refractivity contribution in [1.82, 2.24) is 24.9 Å². The Morgan fingerprint density at radius 1 is 1.38 bits per heavy atom. The molecule has 3 amide bonds. The van der Waals surface area contributed by atoms with Gasteiger partial charge in [-0.25, -0.2) is 4.79 Å². The molecule has 132 valence electrons. The number of carbonyl (C=O) groups is 2. The number of aromatic nitrogens is 2. The van der Waals surface area contributed by atoms with Gasteiger partial charge in [-0.2, -0.15) is 5.10 Å². The quantitative estimate of drug-likeness (QED) is 0.779. The molecule has 0 spiro atoms. The number of hydrogen-bond donors (Lipinski definition) is 1. The standard InChI is InChI=1S/C16H25N5O3/c1-12-8-17-20(9-12)11-13-10-19(6-7-24-13)4-5-21-14(22)16(2,3)18-15(21)23/h8-9,13H,4-7,10-11H2,1-3H3,(H,18,23)/t13-/m1/s1. The number of nitrogens with one attached hydrogen (secondary N) is 1. The Hall–Kier alpha value is -1.93. The summed E-state index contributed by atoms with van der Waals surface area (Å²) in [7, 11) is 0. The normalized spacial score (nSPS) is 24.5. The van der Waals surface area contributed by atoms with Crippen LogP contribution in [0.3, 0.4) is 0 Å². The fourth-order valence-electron chi connectivity index (χ4n) is 3.13. The minimum absolute atomic E-state index is 0.0672. The van der Waals surface area contributed by atoms with Crippen LogP contribution in [0.2, 0.25) is 0 Å². The van der Waals surface area contributed by atoms with Gasteiger partial charge in [0.2, 0.25) is 0 Å². The number of nitrogens with zero attached hydrogens (tertiary/aromatic N) is 4. The Morgan fingerprint density at radius 2 is 2.17 bits per heavy atom. The Kier molecular flexibility index (Phi) is 4.60. The lowest BCUT2D eigenvalue weighted by molar-refractivity contribution is -0.130. The maximum Gasteiger partial charge on any atom is 0.325 e. The molecule has 1 atom stereocenters. The number of amides is 3. The van der Waals surface area contributed by atoms with Crippen LogP contribution >= 0.6 is 0 Å². The van der Waals surface area contributed by atoms with Gasteiger partial charge in [-0.3, -0.25) is 19.3 Å². The SMILES string of the molecule is Cc1cnn(C[C@H]2CN(CCN3C(=O)NC(C)(C)C3=O)CCO2)c1. The molecule has 8 nitrogen and oxygen atoms in total. The molecular formula is C16H25N5O3. The summed E-state index contributed by atoms with van der Waals surface area (Å²) in [5.41, 5.74) is 0.326. The number of hydrogen-bond acceptors (Lipinski definition) is 5. The van der Waals surface area contributed by atoms with Crippen LogP contribution < -0.4 is 5.32 Å². The maximum absolute atomic E-state index is 12.2. The smallest absolute Gasteiger partial charge is 0.325 e. The minimum atomic E-state index is -0.803. The summed E-state index contributed by atoms with van der Waals surface area (Å²) in [4.78, 5) is 27.7. The molecule has 2 fully saturated rings. The Bertz CT molecular complexity index is 627. The summed E-state index contributed by atoms with van der Waals surface area (Å²) in [5, 5.41) is 7.00. The summed E-state index contributed by atoms with van der Waals surface area (Å²) < 4.78 is 7.70. The van der Waals surface area contributed by atoms with Gasteiger partial charge >= 0.3 is 6.03 Å². The van der Waals surface area contributed by atoms with E-state index in [-0.39, 0.29) is 18.0 Å². The van der Waals surface area contributed by atoms with E-state index in [4.69, 9.17) is 4.74 Å². The molecule has 2 aliphatic rings. The zero-order valence-electron chi connectivity index (χ0n) is 14.5. The third-order valence-corrected chi connectivity index (χ3v) is 4.46. The molecule has 2 aliphatic heterocycles. The van der Waals surface area contributed by atoms with E-state index in [1.165, 1.54) is 4.90 Å². The second-order valence-corrected chi connectivity index (χ2v) is 7.05. The molecule has 0 aliphatic carbocycles. The van der Waals surface area contributed by atoms with Crippen molar-refractivity contribution in [3.63, 3.8) is 0 Å². The van der Waals surface area contributed by atoms with Crippen LogP contribution in [0.4, 0.5) is 4.79 Å². The highest BCUT2D eigenvalue weighted by atomic mass is 16.5. The van der Waals surface area contributed by atoms with Crippen LogP contribution in [-0.2, 0) is 16.1 Å². The second-order valence-electron chi connectivity index (χ2n) is 7.05. The highest BCUT2D eigenvalue weighted by Gasteiger charge is 2.44. The van der Waals surface area contributed by atoms with Crippen molar-refractivity contribution < 1.29 is 14.3 Å². The number of imide groups is 1. The van der Waals surface area contributed by atoms with E-state index >= 15 is 0 Å². The molecule has 1 aromatic rings. The third kappa shape index (κ3) is 3.59. The van der Waals surface area contributed by atoms with Crippen molar-refractivity contribution in [2.45, 2.75) is 39.0 Å². The first-order chi connectivity index (χ1) is 11.3. The van der Waals surface area contributed by atoms with Crippen molar-refractivity contribution in [2.24, 2.45) is 0 Å². The van der Waals surface area contributed by atoms with Gasteiger partial charge in [0, 0.05) is 32.4 Å². The molecule has 0 radical (unpaired) electrons. The van der Waals surface area contributed by atoms with Gasteiger partial charge < -0.3 is 10.1 Å². The predicted octanol–water partition coefficient (Wildman–Crippen LogP) is 0.223. The molecule has 3 rings (SSSR count). The van der Waals surface area contributed by atoms with E-state index in [0.29, 0.717) is 26.2 Å². The molecular weight excluding hydrogens is 310 g/mol. The van der Waals surface area contributed by atoms with Crippen LogP contribution in [0.5, 0.6) is 0 Å². The zero-order valence-corrected chi connectivity index (χ0v) is 14.5. The molecule has 0 saturated carbocycles. The number of aryl methyl sites for hydroxylation is 1. The summed E-state index contributed by atoms with van der Waals surface area (Å²) >= 11 is 0. The van der Waals surface area contributed by atoms with E-state index in [1.54, 1.807) is 13.8 Å².